The Kier molecular flexibility index (Phi) is 6.34. The van der Waals surface area contributed by atoms with Gasteiger partial charge in [-0.1, -0.05) is 18.6 Å². The van der Waals surface area contributed by atoms with Crippen LogP contribution in [0.2, 0.25) is 0 Å². The molecule has 1 fully saturated rings. The molecule has 0 aromatic heterocycles. The molecule has 3 aliphatic heterocycles. The third-order valence-electron chi connectivity index (χ3n) is 5.75. The standard InChI is InChI=1S/C21H18BrF3N6O2/c22-17-11(8-26)4-3-5-12(17)16-13(9-27)18(15-6-1-2-7-28-15)30-19-14(16)10-29-31(19)33-20(32)21(23,24)25/h3-5,15-16,28-30H,1-2,6-7,10H2. The van der Waals surface area contributed by atoms with E-state index in [1.807, 2.05) is 0 Å². The molecule has 3 N–H and O–H groups in total. The zero-order valence-electron chi connectivity index (χ0n) is 17.1. The lowest BCUT2D eigenvalue weighted by Crippen LogP contribution is -2.46. The van der Waals surface area contributed by atoms with Crippen LogP contribution in [0.25, 0.3) is 0 Å². The summed E-state index contributed by atoms with van der Waals surface area (Å²) in [5, 5.41) is 26.6. The molecule has 2 unspecified atom stereocenters. The largest absolute Gasteiger partial charge is 0.493 e. The van der Waals surface area contributed by atoms with Crippen LogP contribution in [0.1, 0.15) is 36.3 Å². The first-order valence-corrected chi connectivity index (χ1v) is 10.9. The minimum Gasteiger partial charge on any atom is -0.339 e. The molecule has 0 saturated carbocycles. The van der Waals surface area contributed by atoms with E-state index in [0.29, 0.717) is 37.6 Å². The molecular formula is C21H18BrF3N6O2. The van der Waals surface area contributed by atoms with E-state index < -0.39 is 18.1 Å². The second-order valence-electron chi connectivity index (χ2n) is 7.70. The lowest BCUT2D eigenvalue weighted by atomic mass is 9.80. The third-order valence-corrected chi connectivity index (χ3v) is 6.63. The number of allylic oxidation sites excluding steroid dienone is 1. The molecule has 1 aromatic rings. The van der Waals surface area contributed by atoms with Crippen molar-refractivity contribution in [2.24, 2.45) is 0 Å². The lowest BCUT2D eigenvalue weighted by molar-refractivity contribution is -0.239. The highest BCUT2D eigenvalue weighted by molar-refractivity contribution is 9.10. The van der Waals surface area contributed by atoms with Crippen molar-refractivity contribution in [2.75, 3.05) is 13.1 Å². The van der Waals surface area contributed by atoms with Crippen molar-refractivity contribution in [3.63, 3.8) is 0 Å². The number of nitriles is 2. The molecule has 1 aromatic carbocycles. The number of rotatable bonds is 3. The Labute approximate surface area is 195 Å². The molecule has 3 heterocycles. The van der Waals surface area contributed by atoms with E-state index in [-0.39, 0.29) is 18.4 Å². The molecular weight excluding hydrogens is 505 g/mol. The smallest absolute Gasteiger partial charge is 0.339 e. The SMILES string of the molecule is N#CC1=C(C2CCCCN2)NC2=C(CNN2OC(=O)C(F)(F)F)C1c1cccc(C#N)c1Br. The fourth-order valence-corrected chi connectivity index (χ4v) is 4.84. The Morgan fingerprint density at radius 2 is 2.03 bits per heavy atom. The number of hydrogen-bond acceptors (Lipinski definition) is 8. The number of hydroxylamine groups is 1. The van der Waals surface area contributed by atoms with Gasteiger partial charge in [-0.05, 0) is 46.9 Å². The normalized spacial score (nSPS) is 22.9. The summed E-state index contributed by atoms with van der Waals surface area (Å²) in [5.74, 6) is -2.93. The Bertz CT molecular complexity index is 1130. The Morgan fingerprint density at radius 3 is 2.67 bits per heavy atom. The average molecular weight is 523 g/mol. The van der Waals surface area contributed by atoms with Crippen LogP contribution in [-0.2, 0) is 9.63 Å². The Morgan fingerprint density at radius 1 is 1.24 bits per heavy atom. The fraction of sp³-hybridized carbons (Fsp3) is 0.381. The van der Waals surface area contributed by atoms with Crippen molar-refractivity contribution in [3.8, 4) is 12.1 Å². The maximum atomic E-state index is 12.8. The van der Waals surface area contributed by atoms with Gasteiger partial charge in [-0.3, -0.25) is 0 Å². The second kappa shape index (κ2) is 9.06. The van der Waals surface area contributed by atoms with E-state index in [0.717, 1.165) is 25.8 Å². The number of dihydropyridines is 1. The summed E-state index contributed by atoms with van der Waals surface area (Å²) in [5.41, 5.74) is 5.00. The van der Waals surface area contributed by atoms with Gasteiger partial charge in [0, 0.05) is 34.2 Å². The number of nitrogens with zero attached hydrogens (tertiary/aromatic N) is 3. The topological polar surface area (TPSA) is 113 Å². The van der Waals surface area contributed by atoms with Gasteiger partial charge in [0.15, 0.2) is 5.82 Å². The quantitative estimate of drug-likeness (QED) is 0.555. The highest BCUT2D eigenvalue weighted by atomic mass is 79.9. The first-order chi connectivity index (χ1) is 15.8. The maximum absolute atomic E-state index is 12.8. The molecule has 8 nitrogen and oxygen atoms in total. The monoisotopic (exact) mass is 522 g/mol. The van der Waals surface area contributed by atoms with E-state index in [1.165, 1.54) is 0 Å². The molecule has 1 saturated heterocycles. The summed E-state index contributed by atoms with van der Waals surface area (Å²) in [7, 11) is 0. The van der Waals surface area contributed by atoms with Crippen LogP contribution in [0, 0.1) is 22.7 Å². The van der Waals surface area contributed by atoms with E-state index in [1.54, 1.807) is 18.2 Å². The number of carbonyl (C=O) groups excluding carboxylic acids is 1. The first kappa shape index (κ1) is 23.1. The van der Waals surface area contributed by atoms with Gasteiger partial charge in [-0.25, -0.2) is 4.79 Å². The summed E-state index contributed by atoms with van der Waals surface area (Å²) in [4.78, 5) is 16.0. The van der Waals surface area contributed by atoms with Gasteiger partial charge in [0.05, 0.1) is 17.2 Å². The van der Waals surface area contributed by atoms with Crippen molar-refractivity contribution in [2.45, 2.75) is 37.4 Å². The van der Waals surface area contributed by atoms with Crippen LogP contribution in [0.15, 0.2) is 45.3 Å². The highest BCUT2D eigenvalue weighted by Crippen LogP contribution is 2.44. The molecule has 12 heteroatoms. The van der Waals surface area contributed by atoms with Crippen LogP contribution in [0.5, 0.6) is 0 Å². The number of benzene rings is 1. The van der Waals surface area contributed by atoms with Gasteiger partial charge in [-0.2, -0.15) is 29.1 Å². The summed E-state index contributed by atoms with van der Waals surface area (Å²) in [6, 6.07) is 9.16. The van der Waals surface area contributed by atoms with E-state index in [9.17, 15) is 28.5 Å². The highest BCUT2D eigenvalue weighted by Gasteiger charge is 2.46. The predicted octanol–water partition coefficient (Wildman–Crippen LogP) is 2.98. The van der Waals surface area contributed by atoms with Gasteiger partial charge < -0.3 is 15.5 Å². The second-order valence-corrected chi connectivity index (χ2v) is 8.49. The van der Waals surface area contributed by atoms with Gasteiger partial charge >= 0.3 is 12.1 Å². The van der Waals surface area contributed by atoms with E-state index >= 15 is 0 Å². The van der Waals surface area contributed by atoms with Crippen molar-refractivity contribution in [1.29, 1.82) is 10.5 Å². The van der Waals surface area contributed by atoms with E-state index in [4.69, 9.17) is 0 Å². The molecule has 4 rings (SSSR count). The predicted molar refractivity (Wildman–Crippen MR) is 112 cm³/mol. The number of hydrazine groups is 1. The number of halogens is 4. The van der Waals surface area contributed by atoms with Gasteiger partial charge in [0.25, 0.3) is 0 Å². The zero-order valence-corrected chi connectivity index (χ0v) is 18.7. The Balaban J connectivity index is 1.83. The van der Waals surface area contributed by atoms with Crippen molar-refractivity contribution >= 4 is 21.9 Å². The number of hydrogen-bond donors (Lipinski definition) is 3. The molecule has 33 heavy (non-hydrogen) atoms. The number of alkyl halides is 3. The van der Waals surface area contributed by atoms with Gasteiger partial charge in [0.1, 0.15) is 6.07 Å². The molecule has 3 aliphatic rings. The maximum Gasteiger partial charge on any atom is 0.493 e. The molecule has 0 radical (unpaired) electrons. The van der Waals surface area contributed by atoms with Crippen LogP contribution in [0.4, 0.5) is 13.2 Å². The van der Waals surface area contributed by atoms with Gasteiger partial charge in [0.2, 0.25) is 0 Å². The van der Waals surface area contributed by atoms with Crippen molar-refractivity contribution in [3.05, 3.63) is 56.5 Å². The minimum atomic E-state index is -5.18. The summed E-state index contributed by atoms with van der Waals surface area (Å²) in [6.45, 7) is 0.752. The number of piperidine rings is 1. The van der Waals surface area contributed by atoms with E-state index in [2.05, 4.69) is 49.0 Å². The van der Waals surface area contributed by atoms with Crippen LogP contribution < -0.4 is 16.1 Å². The zero-order chi connectivity index (χ0) is 23.8. The summed E-state index contributed by atoms with van der Waals surface area (Å²) >= 11 is 3.45. The Hall–Kier alpha value is -3.06. The van der Waals surface area contributed by atoms with Gasteiger partial charge in [-0.15, -0.1) is 5.17 Å². The summed E-state index contributed by atoms with van der Waals surface area (Å²) in [6.07, 6.45) is -2.57. The summed E-state index contributed by atoms with van der Waals surface area (Å²) < 4.78 is 39.0. The van der Waals surface area contributed by atoms with Crippen LogP contribution in [-0.4, -0.2) is 36.4 Å². The molecule has 2 atom stereocenters. The molecule has 0 spiro atoms. The van der Waals surface area contributed by atoms with Crippen LogP contribution in [0.3, 0.4) is 0 Å². The minimum absolute atomic E-state index is 0.0257. The molecule has 0 amide bonds. The van der Waals surface area contributed by atoms with Crippen molar-refractivity contribution < 1.29 is 22.8 Å². The molecule has 172 valence electrons. The van der Waals surface area contributed by atoms with Crippen LogP contribution >= 0.6 is 15.9 Å². The fourth-order valence-electron chi connectivity index (χ4n) is 4.26. The number of carbonyl (C=O) groups is 1. The van der Waals surface area contributed by atoms with Crippen molar-refractivity contribution in [1.82, 2.24) is 21.2 Å². The third kappa shape index (κ3) is 4.29. The average Bonchev–Trinajstić information content (AvgIpc) is 3.20. The lowest BCUT2D eigenvalue weighted by Gasteiger charge is -2.35. The molecule has 0 aliphatic carbocycles. The number of nitrogens with one attached hydrogen (secondary N) is 3. The molecule has 0 bridgehead atoms. The first-order valence-electron chi connectivity index (χ1n) is 10.1.